The molecule has 5 nitrogen and oxygen atoms in total. The second-order valence-corrected chi connectivity index (χ2v) is 9.97. The summed E-state index contributed by atoms with van der Waals surface area (Å²) in [5.74, 6) is 0. The summed E-state index contributed by atoms with van der Waals surface area (Å²) in [6, 6.07) is 15.1. The van der Waals surface area contributed by atoms with E-state index in [0.29, 0.717) is 0 Å². The molecule has 0 aliphatic carbocycles. The van der Waals surface area contributed by atoms with Gasteiger partial charge in [0.25, 0.3) is 10.1 Å². The van der Waals surface area contributed by atoms with Crippen LogP contribution in [0.5, 0.6) is 0 Å². The van der Waals surface area contributed by atoms with Crippen molar-refractivity contribution < 1.29 is 13.0 Å². The van der Waals surface area contributed by atoms with Crippen LogP contribution >= 0.6 is 0 Å². The van der Waals surface area contributed by atoms with Gasteiger partial charge in [-0.1, -0.05) is 88.6 Å². The Balaban J connectivity index is 1.58. The molecule has 1 atom stereocenters. The molecule has 1 aliphatic heterocycles. The lowest BCUT2D eigenvalue weighted by Gasteiger charge is -2.27. The van der Waals surface area contributed by atoms with Crippen molar-refractivity contribution in [2.45, 2.75) is 88.7 Å². The van der Waals surface area contributed by atoms with Gasteiger partial charge in [0.05, 0.1) is 22.4 Å². The van der Waals surface area contributed by atoms with Crippen LogP contribution in [-0.4, -0.2) is 19.1 Å². The zero-order valence-corrected chi connectivity index (χ0v) is 19.4. The Kier molecular flexibility index (Phi) is 8.79. The highest BCUT2D eigenvalue weighted by atomic mass is 32.2. The van der Waals surface area contributed by atoms with E-state index in [4.69, 9.17) is 0 Å². The van der Waals surface area contributed by atoms with Crippen molar-refractivity contribution in [1.82, 2.24) is 0 Å². The summed E-state index contributed by atoms with van der Waals surface area (Å²) in [5.41, 5.74) is 2.97. The first-order chi connectivity index (χ1) is 15.0. The number of rotatable bonds is 13. The molecular formula is C25H36N2O3S. The third kappa shape index (κ3) is 6.97. The summed E-state index contributed by atoms with van der Waals surface area (Å²) in [7, 11) is -4.21. The second-order valence-electron chi connectivity index (χ2n) is 8.54. The first-order valence-corrected chi connectivity index (χ1v) is 13.1. The van der Waals surface area contributed by atoms with Crippen molar-refractivity contribution in [3.8, 4) is 0 Å². The van der Waals surface area contributed by atoms with Gasteiger partial charge >= 0.3 is 0 Å². The highest BCUT2D eigenvalue weighted by molar-refractivity contribution is 7.85. The molecule has 0 radical (unpaired) electrons. The maximum absolute atomic E-state index is 11.6. The molecule has 2 aromatic carbocycles. The van der Waals surface area contributed by atoms with Crippen molar-refractivity contribution in [3.05, 3.63) is 54.1 Å². The van der Waals surface area contributed by atoms with E-state index >= 15 is 0 Å². The summed E-state index contributed by atoms with van der Waals surface area (Å²) >= 11 is 0. The lowest BCUT2D eigenvalue weighted by atomic mass is 10.1. The fourth-order valence-electron chi connectivity index (χ4n) is 4.32. The number of nitrogens with zero attached hydrogens (tertiary/aromatic N) is 1. The molecule has 0 saturated heterocycles. The molecule has 6 heteroatoms. The summed E-state index contributed by atoms with van der Waals surface area (Å²) in [6.45, 7) is 3.01. The van der Waals surface area contributed by atoms with E-state index in [0.717, 1.165) is 30.8 Å². The van der Waals surface area contributed by atoms with Gasteiger partial charge in [0.1, 0.15) is 0 Å². The van der Waals surface area contributed by atoms with E-state index in [-0.39, 0.29) is 11.1 Å². The predicted molar refractivity (Wildman–Crippen MR) is 128 cm³/mol. The molecule has 31 heavy (non-hydrogen) atoms. The number of anilines is 2. The molecule has 2 N–H and O–H groups in total. The molecule has 0 saturated carbocycles. The maximum atomic E-state index is 11.6. The quantitative estimate of drug-likeness (QED) is 0.269. The van der Waals surface area contributed by atoms with Crippen LogP contribution in [0, 0.1) is 0 Å². The van der Waals surface area contributed by atoms with Crippen molar-refractivity contribution in [2.75, 3.05) is 10.2 Å². The largest absolute Gasteiger partial charge is 0.363 e. The minimum absolute atomic E-state index is 0.0675. The molecule has 1 heterocycles. The van der Waals surface area contributed by atoms with E-state index in [1.807, 2.05) is 18.2 Å². The molecule has 1 unspecified atom stereocenters. The number of nitrogens with one attached hydrogen (secondary N) is 1. The van der Waals surface area contributed by atoms with Gasteiger partial charge in [-0.2, -0.15) is 8.42 Å². The van der Waals surface area contributed by atoms with E-state index in [1.165, 1.54) is 63.0 Å². The number of hydrogen-bond acceptors (Lipinski definition) is 4. The average Bonchev–Trinajstić information content (AvgIpc) is 3.09. The van der Waals surface area contributed by atoms with Gasteiger partial charge in [0, 0.05) is 6.54 Å². The third-order valence-corrected chi connectivity index (χ3v) is 6.90. The normalized spacial score (nSPS) is 15.7. The lowest BCUT2D eigenvalue weighted by molar-refractivity contribution is 0.483. The third-order valence-electron chi connectivity index (χ3n) is 6.05. The number of hydrogen-bond donors (Lipinski definition) is 2. The zero-order chi connectivity index (χ0) is 22.1. The van der Waals surface area contributed by atoms with Gasteiger partial charge in [-0.05, 0) is 36.6 Å². The van der Waals surface area contributed by atoms with Crippen LogP contribution in [0.15, 0.2) is 53.4 Å². The van der Waals surface area contributed by atoms with Crippen molar-refractivity contribution >= 4 is 21.5 Å². The van der Waals surface area contributed by atoms with Gasteiger partial charge in [-0.25, -0.2) is 0 Å². The van der Waals surface area contributed by atoms with E-state index < -0.39 is 10.1 Å². The fraction of sp³-hybridized carbons (Fsp3) is 0.520. The van der Waals surface area contributed by atoms with E-state index in [1.54, 1.807) is 12.1 Å². The maximum Gasteiger partial charge on any atom is 0.294 e. The van der Waals surface area contributed by atoms with Crippen LogP contribution < -0.4 is 10.2 Å². The number of fused-ring (bicyclic) bond motifs is 1. The molecule has 1 aliphatic rings. The minimum atomic E-state index is -4.21. The summed E-state index contributed by atoms with van der Waals surface area (Å²) < 4.78 is 32.5. The monoisotopic (exact) mass is 444 g/mol. The van der Waals surface area contributed by atoms with Gasteiger partial charge in [0.15, 0.2) is 0 Å². The Hall–Kier alpha value is -2.05. The second kappa shape index (κ2) is 11.5. The van der Waals surface area contributed by atoms with Gasteiger partial charge in [-0.3, -0.25) is 4.55 Å². The first-order valence-electron chi connectivity index (χ1n) is 11.7. The summed E-state index contributed by atoms with van der Waals surface area (Å²) in [6.07, 6.45) is 12.8. The summed E-state index contributed by atoms with van der Waals surface area (Å²) in [4.78, 5) is 2.24. The van der Waals surface area contributed by atoms with E-state index in [2.05, 4.69) is 29.3 Å². The van der Waals surface area contributed by atoms with Gasteiger partial charge in [-0.15, -0.1) is 0 Å². The predicted octanol–water partition coefficient (Wildman–Crippen LogP) is 6.61. The van der Waals surface area contributed by atoms with Crippen LogP contribution in [0.2, 0.25) is 0 Å². The molecule has 0 aromatic heterocycles. The Morgan fingerprint density at radius 2 is 1.55 bits per heavy atom. The highest BCUT2D eigenvalue weighted by Gasteiger charge is 2.29. The summed E-state index contributed by atoms with van der Waals surface area (Å²) in [5, 5.41) is 3.49. The SMILES string of the molecule is CCCCCCCCCCCC1Nc2cc(S(=O)(=O)O)ccc2N1Cc1ccccc1. The Labute approximate surface area is 187 Å². The minimum Gasteiger partial charge on any atom is -0.363 e. The van der Waals surface area contributed by atoms with Crippen molar-refractivity contribution in [3.63, 3.8) is 0 Å². The van der Waals surface area contributed by atoms with Crippen LogP contribution in [0.3, 0.4) is 0 Å². The standard InChI is InChI=1S/C25H36N2O3S/c1-2-3-4-5-6-7-8-9-13-16-25-26-23-19-22(31(28,29)30)17-18-24(23)27(25)20-21-14-11-10-12-15-21/h10-12,14-15,17-19,25-26H,2-9,13,16,20H2,1H3,(H,28,29,30). The Bertz CT molecular complexity index is 916. The lowest BCUT2D eigenvalue weighted by Crippen LogP contribution is -2.35. The Morgan fingerprint density at radius 3 is 2.19 bits per heavy atom. The number of benzene rings is 2. The highest BCUT2D eigenvalue weighted by Crippen LogP contribution is 2.38. The van der Waals surface area contributed by atoms with Crippen LogP contribution in [0.4, 0.5) is 11.4 Å². The van der Waals surface area contributed by atoms with Crippen molar-refractivity contribution in [1.29, 1.82) is 0 Å². The fourth-order valence-corrected chi connectivity index (χ4v) is 4.83. The van der Waals surface area contributed by atoms with Gasteiger partial charge < -0.3 is 10.2 Å². The number of unbranched alkanes of at least 4 members (excludes halogenated alkanes) is 8. The molecular weight excluding hydrogens is 408 g/mol. The topological polar surface area (TPSA) is 69.6 Å². The molecule has 0 amide bonds. The van der Waals surface area contributed by atoms with E-state index in [9.17, 15) is 13.0 Å². The molecule has 3 rings (SSSR count). The smallest absolute Gasteiger partial charge is 0.294 e. The molecule has 0 bridgehead atoms. The van der Waals surface area contributed by atoms with Gasteiger partial charge in [0.2, 0.25) is 0 Å². The first kappa shape index (κ1) is 23.6. The average molecular weight is 445 g/mol. The van der Waals surface area contributed by atoms with Crippen LogP contribution in [-0.2, 0) is 16.7 Å². The Morgan fingerprint density at radius 1 is 0.903 bits per heavy atom. The molecule has 170 valence electrons. The van der Waals surface area contributed by atoms with Crippen molar-refractivity contribution in [2.24, 2.45) is 0 Å². The van der Waals surface area contributed by atoms with Crippen LogP contribution in [0.1, 0.15) is 76.7 Å². The van der Waals surface area contributed by atoms with Crippen LogP contribution in [0.25, 0.3) is 0 Å². The molecule has 2 aromatic rings. The molecule has 0 fully saturated rings. The zero-order valence-electron chi connectivity index (χ0n) is 18.6. The molecule has 0 spiro atoms.